The van der Waals surface area contributed by atoms with Crippen LogP contribution >= 0.6 is 0 Å². The summed E-state index contributed by atoms with van der Waals surface area (Å²) in [6, 6.07) is 2.06. The molecule has 1 aliphatic rings. The molecule has 1 aliphatic carbocycles. The van der Waals surface area contributed by atoms with Crippen molar-refractivity contribution in [2.24, 2.45) is 5.73 Å². The number of nitrogens with two attached hydrogens (primary N) is 1. The van der Waals surface area contributed by atoms with Gasteiger partial charge >= 0.3 is 0 Å². The summed E-state index contributed by atoms with van der Waals surface area (Å²) < 4.78 is 0. The lowest BCUT2D eigenvalue weighted by Gasteiger charge is -2.18. The fourth-order valence-corrected chi connectivity index (χ4v) is 1.51. The summed E-state index contributed by atoms with van der Waals surface area (Å²) in [5.74, 6) is 1.50. The highest BCUT2D eigenvalue weighted by Crippen LogP contribution is 2.39. The maximum Gasteiger partial charge on any atom is 0.125 e. The summed E-state index contributed by atoms with van der Waals surface area (Å²) in [5.41, 5.74) is 7.78. The van der Waals surface area contributed by atoms with Gasteiger partial charge in [-0.15, -0.1) is 0 Å². The van der Waals surface area contributed by atoms with Crippen LogP contribution in [0.4, 0.5) is 0 Å². The van der Waals surface area contributed by atoms with Crippen molar-refractivity contribution in [3.8, 4) is 0 Å². The second kappa shape index (κ2) is 3.02. The van der Waals surface area contributed by atoms with Gasteiger partial charge in [0.1, 0.15) is 5.82 Å². The Balaban J connectivity index is 2.41. The van der Waals surface area contributed by atoms with Crippen molar-refractivity contribution in [3.05, 3.63) is 23.3 Å². The standard InChI is InChI=1S/C11H17N3/c1-7-13-9(8-4-5-8)6-10(14-7)11(2,3)12/h6,8H,4-5,12H2,1-3H3. The first kappa shape index (κ1) is 9.59. The Hall–Kier alpha value is -0.960. The average molecular weight is 191 g/mol. The molecule has 0 spiro atoms. The molecule has 76 valence electrons. The zero-order valence-corrected chi connectivity index (χ0v) is 9.04. The first-order chi connectivity index (χ1) is 6.47. The molecule has 0 radical (unpaired) electrons. The Labute approximate surface area is 84.8 Å². The van der Waals surface area contributed by atoms with Crippen LogP contribution in [0, 0.1) is 6.92 Å². The highest BCUT2D eigenvalue weighted by Gasteiger charge is 2.27. The molecule has 1 heterocycles. The first-order valence-electron chi connectivity index (χ1n) is 5.12. The maximum absolute atomic E-state index is 6.02. The van der Waals surface area contributed by atoms with Crippen molar-refractivity contribution in [2.45, 2.75) is 45.1 Å². The SMILES string of the molecule is Cc1nc(C2CC2)cc(C(C)(C)N)n1. The van der Waals surface area contributed by atoms with E-state index in [1.54, 1.807) is 0 Å². The second-order valence-electron chi connectivity index (χ2n) is 4.72. The summed E-state index contributed by atoms with van der Waals surface area (Å²) in [4.78, 5) is 8.82. The van der Waals surface area contributed by atoms with Gasteiger partial charge in [0.05, 0.1) is 11.2 Å². The van der Waals surface area contributed by atoms with Crippen LogP contribution < -0.4 is 5.73 Å². The lowest BCUT2D eigenvalue weighted by molar-refractivity contribution is 0.529. The number of nitrogens with zero attached hydrogens (tertiary/aromatic N) is 2. The molecule has 1 fully saturated rings. The van der Waals surface area contributed by atoms with E-state index in [9.17, 15) is 0 Å². The molecule has 0 atom stereocenters. The van der Waals surface area contributed by atoms with E-state index >= 15 is 0 Å². The number of hydrogen-bond donors (Lipinski definition) is 1. The van der Waals surface area contributed by atoms with Crippen LogP contribution in [0.3, 0.4) is 0 Å². The van der Waals surface area contributed by atoms with Crippen LogP contribution in [0.15, 0.2) is 6.07 Å². The van der Waals surface area contributed by atoms with Crippen molar-refractivity contribution in [1.82, 2.24) is 9.97 Å². The highest BCUT2D eigenvalue weighted by atomic mass is 14.9. The summed E-state index contributed by atoms with van der Waals surface area (Å²) in [6.45, 7) is 5.89. The Morgan fingerprint density at radius 1 is 1.36 bits per heavy atom. The summed E-state index contributed by atoms with van der Waals surface area (Å²) in [7, 11) is 0. The van der Waals surface area contributed by atoms with E-state index < -0.39 is 0 Å². The topological polar surface area (TPSA) is 51.8 Å². The van der Waals surface area contributed by atoms with E-state index in [1.807, 2.05) is 20.8 Å². The van der Waals surface area contributed by atoms with E-state index in [-0.39, 0.29) is 5.54 Å². The molecule has 1 aromatic heterocycles. The van der Waals surface area contributed by atoms with Gasteiger partial charge in [0.25, 0.3) is 0 Å². The van der Waals surface area contributed by atoms with Crippen LogP contribution in [0.1, 0.15) is 49.8 Å². The normalized spacial score (nSPS) is 17.1. The van der Waals surface area contributed by atoms with E-state index in [1.165, 1.54) is 18.5 Å². The Morgan fingerprint density at radius 3 is 2.50 bits per heavy atom. The van der Waals surface area contributed by atoms with Crippen LogP contribution in [0.25, 0.3) is 0 Å². The van der Waals surface area contributed by atoms with Gasteiger partial charge in [0.2, 0.25) is 0 Å². The Bertz CT molecular complexity index is 348. The van der Waals surface area contributed by atoms with E-state index in [2.05, 4.69) is 16.0 Å². The minimum atomic E-state index is -0.364. The molecule has 0 aromatic carbocycles. The van der Waals surface area contributed by atoms with Gasteiger partial charge in [0.15, 0.2) is 0 Å². The molecule has 1 saturated carbocycles. The number of aryl methyl sites for hydroxylation is 1. The van der Waals surface area contributed by atoms with Crippen molar-refractivity contribution in [2.75, 3.05) is 0 Å². The summed E-state index contributed by atoms with van der Waals surface area (Å²) in [5, 5.41) is 0. The molecule has 0 saturated heterocycles. The van der Waals surface area contributed by atoms with E-state index in [0.29, 0.717) is 5.92 Å². The number of aromatic nitrogens is 2. The van der Waals surface area contributed by atoms with E-state index in [0.717, 1.165) is 11.5 Å². The quantitative estimate of drug-likeness (QED) is 0.776. The van der Waals surface area contributed by atoms with Crippen LogP contribution in [-0.4, -0.2) is 9.97 Å². The third-order valence-corrected chi connectivity index (χ3v) is 2.51. The zero-order valence-electron chi connectivity index (χ0n) is 9.04. The molecule has 14 heavy (non-hydrogen) atoms. The largest absolute Gasteiger partial charge is 0.321 e. The van der Waals surface area contributed by atoms with Crippen molar-refractivity contribution < 1.29 is 0 Å². The van der Waals surface area contributed by atoms with Gasteiger partial charge in [0, 0.05) is 11.6 Å². The smallest absolute Gasteiger partial charge is 0.125 e. The van der Waals surface area contributed by atoms with E-state index in [4.69, 9.17) is 5.73 Å². The molecular formula is C11H17N3. The number of hydrogen-bond acceptors (Lipinski definition) is 3. The fourth-order valence-electron chi connectivity index (χ4n) is 1.51. The first-order valence-corrected chi connectivity index (χ1v) is 5.12. The zero-order chi connectivity index (χ0) is 10.3. The van der Waals surface area contributed by atoms with Gasteiger partial charge in [-0.2, -0.15) is 0 Å². The average Bonchev–Trinajstić information content (AvgIpc) is 2.83. The third kappa shape index (κ3) is 1.93. The summed E-state index contributed by atoms with van der Waals surface area (Å²) >= 11 is 0. The van der Waals surface area contributed by atoms with Gasteiger partial charge in [-0.25, -0.2) is 9.97 Å². The maximum atomic E-state index is 6.02. The molecule has 3 heteroatoms. The molecule has 2 N–H and O–H groups in total. The molecule has 0 bridgehead atoms. The fraction of sp³-hybridized carbons (Fsp3) is 0.636. The lowest BCUT2D eigenvalue weighted by Crippen LogP contribution is -2.30. The molecular weight excluding hydrogens is 174 g/mol. The minimum Gasteiger partial charge on any atom is -0.321 e. The predicted octanol–water partition coefficient (Wildman–Crippen LogP) is 1.86. The van der Waals surface area contributed by atoms with Crippen LogP contribution in [0.5, 0.6) is 0 Å². The molecule has 0 aliphatic heterocycles. The lowest BCUT2D eigenvalue weighted by atomic mass is 10.0. The molecule has 3 nitrogen and oxygen atoms in total. The van der Waals surface area contributed by atoms with Crippen molar-refractivity contribution in [1.29, 1.82) is 0 Å². The second-order valence-corrected chi connectivity index (χ2v) is 4.72. The van der Waals surface area contributed by atoms with Crippen LogP contribution in [-0.2, 0) is 5.54 Å². The van der Waals surface area contributed by atoms with Gasteiger partial charge in [-0.1, -0.05) is 0 Å². The summed E-state index contributed by atoms with van der Waals surface area (Å²) in [6.07, 6.45) is 2.53. The molecule has 1 aromatic rings. The minimum absolute atomic E-state index is 0.364. The monoisotopic (exact) mass is 191 g/mol. The number of rotatable bonds is 2. The Morgan fingerprint density at radius 2 is 2.00 bits per heavy atom. The highest BCUT2D eigenvalue weighted by molar-refractivity contribution is 5.22. The third-order valence-electron chi connectivity index (χ3n) is 2.51. The van der Waals surface area contributed by atoms with Gasteiger partial charge in [-0.05, 0) is 39.7 Å². The predicted molar refractivity (Wildman–Crippen MR) is 56.0 cm³/mol. The molecule has 0 amide bonds. The molecule has 0 unspecified atom stereocenters. The van der Waals surface area contributed by atoms with Crippen LogP contribution in [0.2, 0.25) is 0 Å². The van der Waals surface area contributed by atoms with Gasteiger partial charge in [-0.3, -0.25) is 0 Å². The van der Waals surface area contributed by atoms with Crippen molar-refractivity contribution >= 4 is 0 Å². The van der Waals surface area contributed by atoms with Crippen molar-refractivity contribution in [3.63, 3.8) is 0 Å². The van der Waals surface area contributed by atoms with Gasteiger partial charge < -0.3 is 5.73 Å². The molecule has 2 rings (SSSR count). The Kier molecular flexibility index (Phi) is 2.07.